The Balaban J connectivity index is 1.51. The average Bonchev–Trinajstić information content (AvgIpc) is 3.07. The molecule has 0 unspecified atom stereocenters. The summed E-state index contributed by atoms with van der Waals surface area (Å²) in [5.41, 5.74) is 2.25. The number of hydrogen-bond donors (Lipinski definition) is 0. The van der Waals surface area contributed by atoms with Crippen molar-refractivity contribution in [2.75, 3.05) is 0 Å². The lowest BCUT2D eigenvalue weighted by molar-refractivity contribution is -0.123. The summed E-state index contributed by atoms with van der Waals surface area (Å²) in [6.45, 7) is 0.144. The Kier molecular flexibility index (Phi) is 7.23. The van der Waals surface area contributed by atoms with E-state index < -0.39 is 11.1 Å². The van der Waals surface area contributed by atoms with E-state index in [2.05, 4.69) is 6.07 Å². The number of thioether (sulfide) groups is 1. The zero-order chi connectivity index (χ0) is 24.2. The molecule has 0 aliphatic carbocycles. The molecule has 3 aromatic rings. The Morgan fingerprint density at radius 1 is 1.06 bits per heavy atom. The van der Waals surface area contributed by atoms with Gasteiger partial charge in [0.2, 0.25) is 0 Å². The number of nitriles is 1. The van der Waals surface area contributed by atoms with Crippen LogP contribution in [-0.2, 0) is 17.9 Å². The van der Waals surface area contributed by atoms with Crippen molar-refractivity contribution in [3.63, 3.8) is 0 Å². The summed E-state index contributed by atoms with van der Waals surface area (Å²) in [5, 5.41) is 9.27. The van der Waals surface area contributed by atoms with Crippen LogP contribution >= 0.6 is 35.0 Å². The van der Waals surface area contributed by atoms with Gasteiger partial charge in [0.25, 0.3) is 11.1 Å². The summed E-state index contributed by atoms with van der Waals surface area (Å²) >= 11 is 13.5. The monoisotopic (exact) mass is 512 g/mol. The third kappa shape index (κ3) is 5.26. The maximum Gasteiger partial charge on any atom is 0.293 e. The lowest BCUT2D eigenvalue weighted by Crippen LogP contribution is -2.27. The molecule has 34 heavy (non-hydrogen) atoms. The number of benzene rings is 3. The van der Waals surface area contributed by atoms with Gasteiger partial charge in [0.15, 0.2) is 5.75 Å². The first kappa shape index (κ1) is 23.8. The van der Waals surface area contributed by atoms with Gasteiger partial charge in [0.1, 0.15) is 12.4 Å². The Hall–Kier alpha value is -3.31. The molecule has 3 aromatic carbocycles. The van der Waals surface area contributed by atoms with E-state index in [0.29, 0.717) is 16.7 Å². The van der Waals surface area contributed by atoms with Gasteiger partial charge in [-0.25, -0.2) is 4.39 Å². The normalized spacial score (nSPS) is 14.5. The highest BCUT2D eigenvalue weighted by Gasteiger charge is 2.35. The standard InChI is InChI=1S/C25H15Cl2FN2O3S/c26-20-9-16(10-21(27)23(20)33-14-15-5-7-19(28)8-6-15)11-22-24(31)30(25(32)34-22)13-18-4-2-1-3-17(18)12-29/h1-11H,13-14H2/b22-11+. The minimum atomic E-state index is -0.466. The van der Waals surface area contributed by atoms with Crippen LogP contribution < -0.4 is 4.74 Å². The molecule has 5 nitrogen and oxygen atoms in total. The molecule has 0 spiro atoms. The zero-order valence-corrected chi connectivity index (χ0v) is 19.8. The summed E-state index contributed by atoms with van der Waals surface area (Å²) in [5.74, 6) is -0.555. The van der Waals surface area contributed by atoms with Crippen LogP contribution in [-0.4, -0.2) is 16.0 Å². The zero-order valence-electron chi connectivity index (χ0n) is 17.4. The van der Waals surface area contributed by atoms with Gasteiger partial charge in [-0.15, -0.1) is 0 Å². The lowest BCUT2D eigenvalue weighted by atomic mass is 10.1. The predicted molar refractivity (Wildman–Crippen MR) is 130 cm³/mol. The van der Waals surface area contributed by atoms with Crippen LogP contribution in [0.4, 0.5) is 9.18 Å². The molecule has 0 radical (unpaired) electrons. The van der Waals surface area contributed by atoms with E-state index in [1.54, 1.807) is 48.5 Å². The van der Waals surface area contributed by atoms with E-state index in [-0.39, 0.29) is 39.7 Å². The number of hydrogen-bond acceptors (Lipinski definition) is 5. The van der Waals surface area contributed by atoms with E-state index in [0.717, 1.165) is 22.2 Å². The van der Waals surface area contributed by atoms with Crippen LogP contribution in [0, 0.1) is 17.1 Å². The molecule has 1 saturated heterocycles. The summed E-state index contributed by atoms with van der Waals surface area (Å²) in [6.07, 6.45) is 1.53. The van der Waals surface area contributed by atoms with Crippen LogP contribution in [0.5, 0.6) is 5.75 Å². The number of imide groups is 1. The van der Waals surface area contributed by atoms with Gasteiger partial charge in [-0.3, -0.25) is 14.5 Å². The molecule has 4 rings (SSSR count). The largest absolute Gasteiger partial charge is 0.486 e. The van der Waals surface area contributed by atoms with Gasteiger partial charge in [0.05, 0.1) is 33.1 Å². The van der Waals surface area contributed by atoms with Gasteiger partial charge in [-0.1, -0.05) is 53.5 Å². The Morgan fingerprint density at radius 3 is 2.41 bits per heavy atom. The molecule has 0 N–H and O–H groups in total. The molecule has 1 aliphatic rings. The molecule has 1 aliphatic heterocycles. The van der Waals surface area contributed by atoms with Gasteiger partial charge in [0, 0.05) is 0 Å². The molecule has 1 heterocycles. The van der Waals surface area contributed by atoms with E-state index in [1.807, 2.05) is 0 Å². The maximum absolute atomic E-state index is 13.1. The molecule has 170 valence electrons. The first-order valence-corrected chi connectivity index (χ1v) is 11.5. The molecule has 0 saturated carbocycles. The number of carbonyl (C=O) groups excluding carboxylic acids is 2. The fraction of sp³-hybridized carbons (Fsp3) is 0.0800. The molecule has 9 heteroatoms. The minimum absolute atomic E-state index is 0.00339. The molecular formula is C25H15Cl2FN2O3S. The second-order valence-corrected chi connectivity index (χ2v) is 9.07. The number of amides is 2. The van der Waals surface area contributed by atoms with Crippen molar-refractivity contribution in [2.24, 2.45) is 0 Å². The van der Waals surface area contributed by atoms with Gasteiger partial charge in [-0.2, -0.15) is 5.26 Å². The Bertz CT molecular complexity index is 1330. The van der Waals surface area contributed by atoms with Crippen LogP contribution in [0.1, 0.15) is 22.3 Å². The number of carbonyl (C=O) groups is 2. The predicted octanol–water partition coefficient (Wildman–Crippen LogP) is 6.82. The van der Waals surface area contributed by atoms with E-state index >= 15 is 0 Å². The smallest absolute Gasteiger partial charge is 0.293 e. The highest BCUT2D eigenvalue weighted by molar-refractivity contribution is 8.18. The van der Waals surface area contributed by atoms with E-state index in [4.69, 9.17) is 27.9 Å². The Morgan fingerprint density at radius 2 is 1.74 bits per heavy atom. The summed E-state index contributed by atoms with van der Waals surface area (Å²) in [7, 11) is 0. The van der Waals surface area contributed by atoms with Crippen LogP contribution in [0.25, 0.3) is 6.08 Å². The van der Waals surface area contributed by atoms with Crippen LogP contribution in [0.15, 0.2) is 65.6 Å². The second-order valence-electron chi connectivity index (χ2n) is 7.27. The molecule has 0 aromatic heterocycles. The van der Waals surface area contributed by atoms with Crippen LogP contribution in [0.2, 0.25) is 10.0 Å². The lowest BCUT2D eigenvalue weighted by Gasteiger charge is -2.13. The molecular weight excluding hydrogens is 498 g/mol. The highest BCUT2D eigenvalue weighted by atomic mass is 35.5. The summed E-state index contributed by atoms with van der Waals surface area (Å²) < 4.78 is 18.8. The fourth-order valence-corrected chi connectivity index (χ4v) is 4.71. The van der Waals surface area contributed by atoms with Gasteiger partial charge < -0.3 is 4.74 Å². The van der Waals surface area contributed by atoms with E-state index in [1.165, 1.54) is 18.2 Å². The van der Waals surface area contributed by atoms with Crippen molar-refractivity contribution in [1.29, 1.82) is 5.26 Å². The molecule has 1 fully saturated rings. The SMILES string of the molecule is N#Cc1ccccc1CN1C(=O)S/C(=C/c2cc(Cl)c(OCc3ccc(F)cc3)c(Cl)c2)C1=O. The third-order valence-corrected chi connectivity index (χ3v) is 6.42. The fourth-order valence-electron chi connectivity index (χ4n) is 3.26. The van der Waals surface area contributed by atoms with Crippen molar-refractivity contribution >= 4 is 52.2 Å². The maximum atomic E-state index is 13.1. The van der Waals surface area contributed by atoms with Crippen molar-refractivity contribution in [1.82, 2.24) is 4.90 Å². The number of rotatable bonds is 6. The van der Waals surface area contributed by atoms with Crippen molar-refractivity contribution in [2.45, 2.75) is 13.2 Å². The molecule has 0 bridgehead atoms. The quantitative estimate of drug-likeness (QED) is 0.339. The summed E-state index contributed by atoms with van der Waals surface area (Å²) in [4.78, 5) is 26.6. The molecule has 2 amide bonds. The first-order chi connectivity index (χ1) is 16.4. The van der Waals surface area contributed by atoms with Gasteiger partial charge >= 0.3 is 0 Å². The topological polar surface area (TPSA) is 70.4 Å². The first-order valence-electron chi connectivity index (χ1n) is 9.95. The average molecular weight is 513 g/mol. The van der Waals surface area contributed by atoms with E-state index in [9.17, 15) is 19.2 Å². The highest BCUT2D eigenvalue weighted by Crippen LogP contribution is 2.38. The number of halogens is 3. The number of nitrogens with zero attached hydrogens (tertiary/aromatic N) is 2. The minimum Gasteiger partial charge on any atom is -0.486 e. The summed E-state index contributed by atoms with van der Waals surface area (Å²) in [6, 6.07) is 17.9. The van der Waals surface area contributed by atoms with Crippen LogP contribution in [0.3, 0.4) is 0 Å². The Labute approximate surface area is 209 Å². The van der Waals surface area contributed by atoms with Crippen molar-refractivity contribution in [3.8, 4) is 11.8 Å². The number of ether oxygens (including phenoxy) is 1. The molecule has 0 atom stereocenters. The van der Waals surface area contributed by atoms with Crippen molar-refractivity contribution in [3.05, 3.63) is 104 Å². The van der Waals surface area contributed by atoms with Gasteiger partial charge in [-0.05, 0) is 64.9 Å². The third-order valence-electron chi connectivity index (χ3n) is 4.95. The second kappa shape index (κ2) is 10.3. The van der Waals surface area contributed by atoms with Crippen molar-refractivity contribution < 1.29 is 18.7 Å².